The maximum atomic E-state index is 13.7. The molecule has 0 aromatic heterocycles. The van der Waals surface area contributed by atoms with Crippen LogP contribution in [0.5, 0.6) is 0 Å². The fourth-order valence-corrected chi connectivity index (χ4v) is 6.72. The molecular weight excluding hydrogens is 510 g/mol. The normalized spacial score (nSPS) is 30.7. The largest absolute Gasteiger partial charge is 0.481 e. The van der Waals surface area contributed by atoms with Crippen LogP contribution in [0, 0.1) is 16.7 Å². The summed E-state index contributed by atoms with van der Waals surface area (Å²) in [6.07, 6.45) is 2.13. The molecule has 0 unspecified atom stereocenters. The summed E-state index contributed by atoms with van der Waals surface area (Å²) in [6, 6.07) is -1.38. The van der Waals surface area contributed by atoms with Crippen LogP contribution in [0.1, 0.15) is 59.8 Å². The Balaban J connectivity index is 1.94. The molecule has 5 N–H and O–H groups in total. The molecule has 0 radical (unpaired) electrons. The van der Waals surface area contributed by atoms with Crippen molar-refractivity contribution in [1.82, 2.24) is 4.90 Å². The Morgan fingerprint density at radius 1 is 1.13 bits per heavy atom. The van der Waals surface area contributed by atoms with Gasteiger partial charge < -0.3 is 35.2 Å². The Morgan fingerprint density at radius 3 is 2.38 bits per heavy atom. The van der Waals surface area contributed by atoms with Gasteiger partial charge in [0, 0.05) is 35.9 Å². The molecule has 0 spiro atoms. The average molecular weight is 550 g/mol. The highest BCUT2D eigenvalue weighted by molar-refractivity contribution is 6.01. The number of fused-ring (bicyclic) bond motifs is 2. The minimum absolute atomic E-state index is 0.196. The van der Waals surface area contributed by atoms with E-state index in [-0.39, 0.29) is 13.0 Å². The number of carboxylic acids is 2. The van der Waals surface area contributed by atoms with Crippen molar-refractivity contribution in [3.63, 3.8) is 0 Å². The molecular formula is C28H39NO10. The number of ether oxygens (including phenoxy) is 1. The summed E-state index contributed by atoms with van der Waals surface area (Å²) in [6.45, 7) is 7.11. The van der Waals surface area contributed by atoms with Crippen molar-refractivity contribution >= 4 is 23.8 Å². The monoisotopic (exact) mass is 549 g/mol. The number of carbonyl (C=O) groups excluding carboxylic acids is 2. The van der Waals surface area contributed by atoms with E-state index >= 15 is 0 Å². The van der Waals surface area contributed by atoms with E-state index in [1.54, 1.807) is 0 Å². The maximum absolute atomic E-state index is 13.7. The van der Waals surface area contributed by atoms with Crippen LogP contribution < -0.4 is 0 Å². The van der Waals surface area contributed by atoms with Crippen LogP contribution in [-0.2, 0) is 23.9 Å². The predicted octanol–water partition coefficient (Wildman–Crippen LogP) is 1.42. The summed E-state index contributed by atoms with van der Waals surface area (Å²) in [5, 5.41) is 49.4. The molecule has 11 heteroatoms. The molecule has 3 rings (SSSR count). The first-order valence-electron chi connectivity index (χ1n) is 13.2. The maximum Gasteiger partial charge on any atom is 0.331 e. The van der Waals surface area contributed by atoms with E-state index in [0.29, 0.717) is 17.6 Å². The standard InChI is InChI=1S/C28H39NO10/c1-15(30)18(31)8-5-6-9-20(34)39-23-22(35)16-14-29(17(26(37)38)10-11-19(32)33)25(36)21(16)28(4)13-7-12-27(2,3)24(23)28/h5-6,8-9,15,17-18,22-24,30-31,35H,7,10-14H2,1-4H3,(H,32,33)(H,37,38)/b8-5+,9-6+/t15-,17+,18+,22-,23-,24+,28-/m1/s1. The lowest BCUT2D eigenvalue weighted by Crippen LogP contribution is -2.58. The van der Waals surface area contributed by atoms with Gasteiger partial charge in [-0.05, 0) is 37.2 Å². The minimum atomic E-state index is -1.38. The first-order valence-corrected chi connectivity index (χ1v) is 13.2. The fraction of sp³-hybridized carbons (Fsp3) is 0.643. The SMILES string of the molecule is C[C@@H](O)[C@@H](O)/C=C/C=C/C(=O)O[C@@H]1[C@H](O)C2=C(C(=O)N([C@@H](CCC(=O)O)C(=O)O)C2)[C@@]2(C)CCCC(C)(C)[C@H]12. The van der Waals surface area contributed by atoms with Crippen molar-refractivity contribution < 1.29 is 49.4 Å². The highest BCUT2D eigenvalue weighted by Crippen LogP contribution is 2.61. The van der Waals surface area contributed by atoms with Gasteiger partial charge in [0.25, 0.3) is 5.91 Å². The second kappa shape index (κ2) is 11.6. The van der Waals surface area contributed by atoms with Crippen molar-refractivity contribution in [3.8, 4) is 0 Å². The molecule has 0 bridgehead atoms. The summed E-state index contributed by atoms with van der Waals surface area (Å²) < 4.78 is 5.81. The Morgan fingerprint density at radius 2 is 1.79 bits per heavy atom. The number of allylic oxidation sites excluding steroid dienone is 2. The van der Waals surface area contributed by atoms with Crippen LogP contribution in [-0.4, -0.2) is 91.3 Å². The minimum Gasteiger partial charge on any atom is -0.481 e. The number of nitrogens with zero attached hydrogens (tertiary/aromatic N) is 1. The van der Waals surface area contributed by atoms with Crippen LogP contribution in [0.25, 0.3) is 0 Å². The van der Waals surface area contributed by atoms with Crippen LogP contribution in [0.2, 0.25) is 0 Å². The number of hydrogen-bond donors (Lipinski definition) is 5. The van der Waals surface area contributed by atoms with Crippen LogP contribution in [0.4, 0.5) is 0 Å². The molecule has 0 saturated heterocycles. The van der Waals surface area contributed by atoms with E-state index in [1.165, 1.54) is 25.2 Å². The van der Waals surface area contributed by atoms with Crippen LogP contribution in [0.15, 0.2) is 35.5 Å². The quantitative estimate of drug-likeness (QED) is 0.152. The van der Waals surface area contributed by atoms with Gasteiger partial charge in [0.2, 0.25) is 0 Å². The third-order valence-electron chi connectivity index (χ3n) is 8.44. The second-order valence-corrected chi connectivity index (χ2v) is 11.7. The molecule has 1 fully saturated rings. The van der Waals surface area contributed by atoms with Gasteiger partial charge in [-0.1, -0.05) is 45.4 Å². The van der Waals surface area contributed by atoms with E-state index in [9.17, 15) is 39.6 Å². The summed E-state index contributed by atoms with van der Waals surface area (Å²) in [7, 11) is 0. The summed E-state index contributed by atoms with van der Waals surface area (Å²) in [5.74, 6) is -4.23. The molecule has 3 aliphatic rings. The molecule has 39 heavy (non-hydrogen) atoms. The number of aliphatic carboxylic acids is 2. The number of esters is 1. The third kappa shape index (κ3) is 6.10. The van der Waals surface area contributed by atoms with Crippen molar-refractivity contribution in [3.05, 3.63) is 35.5 Å². The fourth-order valence-electron chi connectivity index (χ4n) is 6.72. The Labute approximate surface area is 227 Å². The molecule has 1 saturated carbocycles. The topological polar surface area (TPSA) is 182 Å². The number of rotatable bonds is 10. The average Bonchev–Trinajstić information content (AvgIpc) is 3.17. The number of carbonyl (C=O) groups is 4. The zero-order valence-corrected chi connectivity index (χ0v) is 22.7. The molecule has 1 heterocycles. The number of aliphatic hydroxyl groups is 3. The van der Waals surface area contributed by atoms with Crippen LogP contribution in [0.3, 0.4) is 0 Å². The van der Waals surface area contributed by atoms with Crippen LogP contribution >= 0.6 is 0 Å². The number of carboxylic acid groups (broad SMARTS) is 2. The molecule has 1 amide bonds. The van der Waals surface area contributed by atoms with E-state index in [1.807, 2.05) is 20.8 Å². The van der Waals surface area contributed by atoms with E-state index in [2.05, 4.69) is 0 Å². The van der Waals surface area contributed by atoms with E-state index < -0.39 is 77.4 Å². The summed E-state index contributed by atoms with van der Waals surface area (Å²) >= 11 is 0. The summed E-state index contributed by atoms with van der Waals surface area (Å²) in [4.78, 5) is 50.8. The lowest BCUT2D eigenvalue weighted by molar-refractivity contribution is -0.170. The van der Waals surface area contributed by atoms with Crippen molar-refractivity contribution in [2.45, 2.75) is 90.3 Å². The van der Waals surface area contributed by atoms with Gasteiger partial charge in [-0.15, -0.1) is 0 Å². The smallest absolute Gasteiger partial charge is 0.331 e. The third-order valence-corrected chi connectivity index (χ3v) is 8.44. The van der Waals surface area contributed by atoms with Gasteiger partial charge in [0.05, 0.1) is 12.2 Å². The number of hydrogen-bond acceptors (Lipinski definition) is 8. The van der Waals surface area contributed by atoms with E-state index in [4.69, 9.17) is 9.84 Å². The lowest BCUT2D eigenvalue weighted by atomic mass is 9.49. The zero-order valence-electron chi connectivity index (χ0n) is 22.7. The lowest BCUT2D eigenvalue weighted by Gasteiger charge is -2.57. The highest BCUT2D eigenvalue weighted by Gasteiger charge is 2.62. The molecule has 11 nitrogen and oxygen atoms in total. The Hall–Kier alpha value is -3.02. The molecule has 1 aliphatic heterocycles. The molecule has 0 aromatic carbocycles. The highest BCUT2D eigenvalue weighted by atomic mass is 16.6. The number of amides is 1. The summed E-state index contributed by atoms with van der Waals surface area (Å²) in [5.41, 5.74) is -0.605. The van der Waals surface area contributed by atoms with Gasteiger partial charge in [0.1, 0.15) is 18.2 Å². The van der Waals surface area contributed by atoms with Gasteiger partial charge in [0.15, 0.2) is 0 Å². The van der Waals surface area contributed by atoms with Crippen molar-refractivity contribution in [2.75, 3.05) is 6.54 Å². The molecule has 7 atom stereocenters. The molecule has 216 valence electrons. The van der Waals surface area contributed by atoms with Gasteiger partial charge in [-0.3, -0.25) is 9.59 Å². The number of aliphatic hydroxyl groups excluding tert-OH is 3. The van der Waals surface area contributed by atoms with E-state index in [0.717, 1.165) is 23.8 Å². The zero-order chi connectivity index (χ0) is 29.3. The first-order chi connectivity index (χ1) is 18.1. The Kier molecular flexibility index (Phi) is 9.09. The van der Waals surface area contributed by atoms with Gasteiger partial charge >= 0.3 is 17.9 Å². The first kappa shape index (κ1) is 30.5. The van der Waals surface area contributed by atoms with Gasteiger partial charge in [-0.2, -0.15) is 0 Å². The Bertz CT molecular complexity index is 1090. The second-order valence-electron chi connectivity index (χ2n) is 11.7. The van der Waals surface area contributed by atoms with Gasteiger partial charge in [-0.25, -0.2) is 9.59 Å². The van der Waals surface area contributed by atoms with Crippen molar-refractivity contribution in [1.29, 1.82) is 0 Å². The molecule has 2 aliphatic carbocycles. The molecule has 0 aromatic rings. The predicted molar refractivity (Wildman–Crippen MR) is 138 cm³/mol. The van der Waals surface area contributed by atoms with Crippen molar-refractivity contribution in [2.24, 2.45) is 16.7 Å².